The molecule has 2 heterocycles. The maximum absolute atomic E-state index is 12.4. The van der Waals surface area contributed by atoms with Crippen LogP contribution >= 0.6 is 0 Å². The number of benzene rings is 1. The van der Waals surface area contributed by atoms with Crippen LogP contribution in [0.2, 0.25) is 0 Å². The topological polar surface area (TPSA) is 43.9 Å². The second-order valence-corrected chi connectivity index (χ2v) is 7.84. The van der Waals surface area contributed by atoms with Crippen molar-refractivity contribution in [2.45, 2.75) is 32.2 Å². The van der Waals surface area contributed by atoms with Crippen molar-refractivity contribution in [1.29, 1.82) is 0 Å². The Kier molecular flexibility index (Phi) is 5.42. The lowest BCUT2D eigenvalue weighted by Gasteiger charge is -2.48. The Morgan fingerprint density at radius 2 is 1.92 bits per heavy atom. The summed E-state index contributed by atoms with van der Waals surface area (Å²) in [5.74, 6) is 0.418. The van der Waals surface area contributed by atoms with Crippen LogP contribution in [0.5, 0.6) is 0 Å². The van der Waals surface area contributed by atoms with Gasteiger partial charge in [0.15, 0.2) is 0 Å². The number of carbonyl (C=O) groups excluding carboxylic acids is 2. The number of rotatable bonds is 4. The molecule has 2 aliphatic heterocycles. The quantitative estimate of drug-likeness (QED) is 0.840. The molecule has 0 unspecified atom stereocenters. The molecule has 0 aliphatic carbocycles. The molecular weight excluding hydrogens is 314 g/mol. The first-order chi connectivity index (χ1) is 12.0. The van der Waals surface area contributed by atoms with Crippen molar-refractivity contribution in [3.05, 3.63) is 35.9 Å². The first-order valence-electron chi connectivity index (χ1n) is 9.22. The summed E-state index contributed by atoms with van der Waals surface area (Å²) in [7, 11) is 3.62. The van der Waals surface area contributed by atoms with E-state index >= 15 is 0 Å². The highest BCUT2D eigenvalue weighted by molar-refractivity contribution is 5.78. The monoisotopic (exact) mass is 343 g/mol. The summed E-state index contributed by atoms with van der Waals surface area (Å²) in [5, 5.41) is 0. The van der Waals surface area contributed by atoms with Crippen molar-refractivity contribution >= 4 is 11.8 Å². The molecule has 2 fully saturated rings. The molecule has 25 heavy (non-hydrogen) atoms. The molecule has 5 heteroatoms. The third-order valence-electron chi connectivity index (χ3n) is 5.56. The molecule has 1 aromatic rings. The highest BCUT2D eigenvalue weighted by Crippen LogP contribution is 2.39. The maximum atomic E-state index is 12.4. The van der Waals surface area contributed by atoms with E-state index in [-0.39, 0.29) is 17.2 Å². The Labute approximate surface area is 150 Å². The minimum absolute atomic E-state index is 0.146. The van der Waals surface area contributed by atoms with Gasteiger partial charge in [-0.3, -0.25) is 14.5 Å². The van der Waals surface area contributed by atoms with Gasteiger partial charge in [-0.15, -0.1) is 0 Å². The number of likely N-dealkylation sites (tertiary alicyclic amines) is 2. The van der Waals surface area contributed by atoms with Crippen molar-refractivity contribution < 1.29 is 9.59 Å². The van der Waals surface area contributed by atoms with Crippen molar-refractivity contribution in [2.24, 2.45) is 5.41 Å². The van der Waals surface area contributed by atoms with E-state index in [0.29, 0.717) is 19.5 Å². The summed E-state index contributed by atoms with van der Waals surface area (Å²) in [6, 6.07) is 10.2. The van der Waals surface area contributed by atoms with Gasteiger partial charge in [0.25, 0.3) is 0 Å². The van der Waals surface area contributed by atoms with Crippen molar-refractivity contribution in [3.8, 4) is 0 Å². The van der Waals surface area contributed by atoms with Crippen LogP contribution < -0.4 is 0 Å². The molecule has 0 bridgehead atoms. The lowest BCUT2D eigenvalue weighted by Crippen LogP contribution is -2.54. The Morgan fingerprint density at radius 3 is 2.64 bits per heavy atom. The van der Waals surface area contributed by atoms with Gasteiger partial charge in [-0.1, -0.05) is 30.3 Å². The van der Waals surface area contributed by atoms with Gasteiger partial charge in [0.1, 0.15) is 0 Å². The zero-order valence-electron chi connectivity index (χ0n) is 15.4. The largest absolute Gasteiger partial charge is 0.348 e. The number of likely N-dealkylation sites (N-methyl/N-ethyl adjacent to an activating group) is 1. The lowest BCUT2D eigenvalue weighted by molar-refractivity contribution is -0.141. The fourth-order valence-corrected chi connectivity index (χ4v) is 4.16. The summed E-state index contributed by atoms with van der Waals surface area (Å²) in [6.07, 6.45) is 3.83. The predicted molar refractivity (Wildman–Crippen MR) is 97.9 cm³/mol. The van der Waals surface area contributed by atoms with Gasteiger partial charge in [0, 0.05) is 45.6 Å². The van der Waals surface area contributed by atoms with Gasteiger partial charge in [0.2, 0.25) is 11.8 Å². The van der Waals surface area contributed by atoms with Gasteiger partial charge < -0.3 is 9.80 Å². The third kappa shape index (κ3) is 4.40. The molecule has 0 saturated carbocycles. The van der Waals surface area contributed by atoms with Crippen LogP contribution in [0.4, 0.5) is 0 Å². The molecule has 1 atom stereocenters. The van der Waals surface area contributed by atoms with E-state index in [1.807, 2.05) is 37.2 Å². The molecule has 2 amide bonds. The number of hydrogen-bond acceptors (Lipinski definition) is 3. The molecule has 2 saturated heterocycles. The Hall–Kier alpha value is -1.88. The van der Waals surface area contributed by atoms with Crippen molar-refractivity contribution in [3.63, 3.8) is 0 Å². The van der Waals surface area contributed by atoms with Gasteiger partial charge in [0.05, 0.1) is 6.54 Å². The SMILES string of the molecule is CN(C)C(=O)CN1CCC[C@]2(CCC(=O)N(Cc3ccccc3)C2)C1. The minimum Gasteiger partial charge on any atom is -0.348 e. The van der Waals surface area contributed by atoms with E-state index in [1.54, 1.807) is 4.90 Å². The normalized spacial score (nSPS) is 24.6. The van der Waals surface area contributed by atoms with E-state index in [0.717, 1.165) is 38.9 Å². The van der Waals surface area contributed by atoms with Crippen LogP contribution in [0.1, 0.15) is 31.2 Å². The lowest BCUT2D eigenvalue weighted by atomic mass is 9.73. The Balaban J connectivity index is 1.66. The number of carbonyl (C=O) groups is 2. The third-order valence-corrected chi connectivity index (χ3v) is 5.56. The average Bonchev–Trinajstić information content (AvgIpc) is 2.59. The molecule has 0 radical (unpaired) electrons. The fourth-order valence-electron chi connectivity index (χ4n) is 4.16. The summed E-state index contributed by atoms with van der Waals surface area (Å²) in [6.45, 7) is 3.89. The fraction of sp³-hybridized carbons (Fsp3) is 0.600. The van der Waals surface area contributed by atoms with Gasteiger partial charge in [-0.2, -0.15) is 0 Å². The van der Waals surface area contributed by atoms with E-state index in [1.165, 1.54) is 5.56 Å². The standard InChI is InChI=1S/C20H29N3O2/c1-21(2)19(25)14-22-12-6-10-20(15-22)11-9-18(24)23(16-20)13-17-7-4-3-5-8-17/h3-5,7-8H,6,9-16H2,1-2H3/t20-/m0/s1. The van der Waals surface area contributed by atoms with Crippen LogP contribution in [0.15, 0.2) is 30.3 Å². The number of amides is 2. The summed E-state index contributed by atoms with van der Waals surface area (Å²) in [4.78, 5) is 30.4. The Bertz CT molecular complexity index is 617. The van der Waals surface area contributed by atoms with Crippen LogP contribution in [-0.2, 0) is 16.1 Å². The number of piperidine rings is 2. The van der Waals surface area contributed by atoms with E-state index in [2.05, 4.69) is 17.0 Å². The summed E-state index contributed by atoms with van der Waals surface area (Å²) < 4.78 is 0. The highest BCUT2D eigenvalue weighted by atomic mass is 16.2. The van der Waals surface area contributed by atoms with Gasteiger partial charge in [-0.05, 0) is 31.4 Å². The zero-order valence-corrected chi connectivity index (χ0v) is 15.4. The minimum atomic E-state index is 0.146. The predicted octanol–water partition coefficient (Wildman–Crippen LogP) is 1.98. The van der Waals surface area contributed by atoms with Crippen LogP contribution in [0.3, 0.4) is 0 Å². The van der Waals surface area contributed by atoms with Crippen molar-refractivity contribution in [2.75, 3.05) is 40.3 Å². The number of nitrogens with zero attached hydrogens (tertiary/aromatic N) is 3. The summed E-state index contributed by atoms with van der Waals surface area (Å²) >= 11 is 0. The molecule has 136 valence electrons. The first-order valence-corrected chi connectivity index (χ1v) is 9.22. The van der Waals surface area contributed by atoms with E-state index < -0.39 is 0 Å². The molecule has 3 rings (SSSR count). The maximum Gasteiger partial charge on any atom is 0.236 e. The molecule has 0 aromatic heterocycles. The Morgan fingerprint density at radius 1 is 1.16 bits per heavy atom. The molecule has 1 aromatic carbocycles. The second-order valence-electron chi connectivity index (χ2n) is 7.84. The van der Waals surface area contributed by atoms with Gasteiger partial charge in [-0.25, -0.2) is 0 Å². The first kappa shape index (κ1) is 17.9. The zero-order chi connectivity index (χ0) is 17.9. The van der Waals surface area contributed by atoms with Crippen LogP contribution in [0, 0.1) is 5.41 Å². The van der Waals surface area contributed by atoms with Gasteiger partial charge >= 0.3 is 0 Å². The summed E-state index contributed by atoms with van der Waals surface area (Å²) in [5.41, 5.74) is 1.33. The molecular formula is C20H29N3O2. The molecule has 5 nitrogen and oxygen atoms in total. The smallest absolute Gasteiger partial charge is 0.236 e. The highest BCUT2D eigenvalue weighted by Gasteiger charge is 2.41. The van der Waals surface area contributed by atoms with E-state index in [4.69, 9.17) is 0 Å². The molecule has 2 aliphatic rings. The molecule has 0 N–H and O–H groups in total. The number of hydrogen-bond donors (Lipinski definition) is 0. The van der Waals surface area contributed by atoms with Crippen LogP contribution in [0.25, 0.3) is 0 Å². The second kappa shape index (κ2) is 7.56. The van der Waals surface area contributed by atoms with Crippen molar-refractivity contribution in [1.82, 2.24) is 14.7 Å². The average molecular weight is 343 g/mol. The van der Waals surface area contributed by atoms with Crippen LogP contribution in [-0.4, -0.2) is 66.8 Å². The molecule has 1 spiro atoms. The van der Waals surface area contributed by atoms with E-state index in [9.17, 15) is 9.59 Å².